The van der Waals surface area contributed by atoms with Crippen LogP contribution in [0.1, 0.15) is 24.7 Å². The number of thiol groups is 1. The normalized spacial score (nSPS) is 10.9. The predicted octanol–water partition coefficient (Wildman–Crippen LogP) is 2.53. The Morgan fingerprint density at radius 1 is 1.40 bits per heavy atom. The molecule has 0 aliphatic carbocycles. The molecule has 1 rings (SSSR count). The van der Waals surface area contributed by atoms with Gasteiger partial charge >= 0.3 is 0 Å². The zero-order chi connectivity index (χ0) is 11.1. The molecule has 0 atom stereocenters. The van der Waals surface area contributed by atoms with Gasteiger partial charge in [0, 0.05) is 12.2 Å². The Labute approximate surface area is 98.1 Å². The van der Waals surface area contributed by atoms with Gasteiger partial charge in [0.2, 0.25) is 0 Å². The van der Waals surface area contributed by atoms with Crippen LogP contribution < -0.4 is 0 Å². The number of rotatable bonds is 6. The second-order valence-corrected chi connectivity index (χ2v) is 4.16. The monoisotopic (exact) mass is 224 g/mol. The van der Waals surface area contributed by atoms with E-state index in [1.54, 1.807) is 0 Å². The molecule has 15 heavy (non-hydrogen) atoms. The highest BCUT2D eigenvalue weighted by Crippen LogP contribution is 2.04. The van der Waals surface area contributed by atoms with Crippen LogP contribution in [-0.2, 0) is 6.54 Å². The number of aromatic nitrogens is 1. The Hall–Kier alpha value is -0.540. The third-order valence-corrected chi connectivity index (χ3v) is 2.73. The summed E-state index contributed by atoms with van der Waals surface area (Å²) in [6, 6.07) is 6.20. The Kier molecular flexibility index (Phi) is 5.73. The summed E-state index contributed by atoms with van der Waals surface area (Å²) in [4.78, 5) is 6.91. The fraction of sp³-hybridized carbons (Fsp3) is 0.583. The molecule has 0 aromatic carbocycles. The maximum atomic E-state index is 4.51. The minimum atomic E-state index is 0.950. The van der Waals surface area contributed by atoms with Crippen molar-refractivity contribution in [1.29, 1.82) is 0 Å². The molecule has 0 unspecified atom stereocenters. The average molecular weight is 224 g/mol. The molecule has 0 saturated carbocycles. The number of nitrogens with zero attached hydrogens (tertiary/aromatic N) is 2. The summed E-state index contributed by atoms with van der Waals surface area (Å²) in [6.45, 7) is 7.35. The third-order valence-electron chi connectivity index (χ3n) is 2.41. The molecule has 84 valence electrons. The summed E-state index contributed by atoms with van der Waals surface area (Å²) in [5.41, 5.74) is 2.26. The fourth-order valence-electron chi connectivity index (χ4n) is 1.56. The topological polar surface area (TPSA) is 16.1 Å². The third kappa shape index (κ3) is 4.67. The van der Waals surface area contributed by atoms with Crippen LogP contribution in [0.5, 0.6) is 0 Å². The van der Waals surface area contributed by atoms with Crippen molar-refractivity contribution in [2.75, 3.05) is 18.8 Å². The van der Waals surface area contributed by atoms with Crippen molar-refractivity contribution < 1.29 is 0 Å². The molecule has 0 aliphatic rings. The Morgan fingerprint density at radius 3 is 2.80 bits per heavy atom. The highest BCUT2D eigenvalue weighted by molar-refractivity contribution is 7.80. The first-order valence-electron chi connectivity index (χ1n) is 5.52. The van der Waals surface area contributed by atoms with Gasteiger partial charge in [-0.25, -0.2) is 0 Å². The summed E-state index contributed by atoms with van der Waals surface area (Å²) in [5, 5.41) is 0. The lowest BCUT2D eigenvalue weighted by atomic mass is 10.3. The number of aryl methyl sites for hydroxylation is 1. The fourth-order valence-corrected chi connectivity index (χ4v) is 1.70. The Balaban J connectivity index is 2.50. The summed E-state index contributed by atoms with van der Waals surface area (Å²) in [5.74, 6) is 0.956. The van der Waals surface area contributed by atoms with Crippen molar-refractivity contribution in [3.05, 3.63) is 29.6 Å². The van der Waals surface area contributed by atoms with Gasteiger partial charge in [-0.05, 0) is 44.3 Å². The quantitative estimate of drug-likeness (QED) is 0.747. The molecule has 0 amide bonds. The molecule has 2 nitrogen and oxygen atoms in total. The van der Waals surface area contributed by atoms with Gasteiger partial charge in [-0.2, -0.15) is 12.6 Å². The van der Waals surface area contributed by atoms with Crippen LogP contribution in [0.2, 0.25) is 0 Å². The molecule has 1 aromatic heterocycles. The number of hydrogen-bond donors (Lipinski definition) is 1. The lowest BCUT2D eigenvalue weighted by molar-refractivity contribution is 0.278. The minimum Gasteiger partial charge on any atom is -0.298 e. The molecule has 0 radical (unpaired) electrons. The summed E-state index contributed by atoms with van der Waals surface area (Å²) >= 11 is 4.23. The van der Waals surface area contributed by atoms with Crippen molar-refractivity contribution in [2.45, 2.75) is 26.8 Å². The molecular formula is C12H20N2S. The zero-order valence-corrected chi connectivity index (χ0v) is 10.5. The molecule has 0 bridgehead atoms. The molecule has 1 heterocycles. The van der Waals surface area contributed by atoms with E-state index in [-0.39, 0.29) is 0 Å². The zero-order valence-electron chi connectivity index (χ0n) is 9.61. The van der Waals surface area contributed by atoms with E-state index in [1.807, 2.05) is 13.0 Å². The van der Waals surface area contributed by atoms with Crippen LogP contribution in [0.3, 0.4) is 0 Å². The summed E-state index contributed by atoms with van der Waals surface area (Å²) in [6.07, 6.45) is 1.14. The number of hydrogen-bond acceptors (Lipinski definition) is 3. The van der Waals surface area contributed by atoms with Crippen molar-refractivity contribution in [1.82, 2.24) is 9.88 Å². The van der Waals surface area contributed by atoms with Gasteiger partial charge in [-0.1, -0.05) is 13.0 Å². The van der Waals surface area contributed by atoms with Crippen LogP contribution in [0.4, 0.5) is 0 Å². The van der Waals surface area contributed by atoms with Crippen LogP contribution >= 0.6 is 12.6 Å². The maximum absolute atomic E-state index is 4.51. The molecular weight excluding hydrogens is 204 g/mol. The average Bonchev–Trinajstić information content (AvgIpc) is 2.24. The molecule has 1 aromatic rings. The van der Waals surface area contributed by atoms with E-state index in [4.69, 9.17) is 0 Å². The van der Waals surface area contributed by atoms with Crippen LogP contribution in [0.25, 0.3) is 0 Å². The van der Waals surface area contributed by atoms with E-state index in [0.717, 1.165) is 43.2 Å². The molecule has 0 saturated heterocycles. The standard InChI is InChI=1S/C12H20N2S/c1-3-14(8-5-9-15)10-12-7-4-6-11(2)13-12/h4,6-7,15H,3,5,8-10H2,1-2H3. The van der Waals surface area contributed by atoms with Gasteiger partial charge in [0.1, 0.15) is 0 Å². The van der Waals surface area contributed by atoms with Crippen LogP contribution in [0, 0.1) is 6.92 Å². The highest BCUT2D eigenvalue weighted by atomic mass is 32.1. The Bertz CT molecular complexity index is 289. The molecule has 0 fully saturated rings. The second kappa shape index (κ2) is 6.85. The van der Waals surface area contributed by atoms with Crippen molar-refractivity contribution >= 4 is 12.6 Å². The first-order valence-corrected chi connectivity index (χ1v) is 6.15. The van der Waals surface area contributed by atoms with Gasteiger partial charge in [-0.15, -0.1) is 0 Å². The first kappa shape index (κ1) is 12.5. The lowest BCUT2D eigenvalue weighted by Crippen LogP contribution is -2.24. The minimum absolute atomic E-state index is 0.950. The van der Waals surface area contributed by atoms with Gasteiger partial charge in [-0.3, -0.25) is 9.88 Å². The first-order chi connectivity index (χ1) is 7.26. The second-order valence-electron chi connectivity index (χ2n) is 3.72. The molecule has 0 N–H and O–H groups in total. The van der Waals surface area contributed by atoms with Crippen LogP contribution in [-0.4, -0.2) is 28.7 Å². The van der Waals surface area contributed by atoms with E-state index in [2.05, 4.69) is 41.6 Å². The molecule has 3 heteroatoms. The largest absolute Gasteiger partial charge is 0.298 e. The van der Waals surface area contributed by atoms with E-state index < -0.39 is 0 Å². The predicted molar refractivity (Wildman–Crippen MR) is 68.4 cm³/mol. The maximum Gasteiger partial charge on any atom is 0.0547 e. The van der Waals surface area contributed by atoms with Crippen molar-refractivity contribution in [3.63, 3.8) is 0 Å². The van der Waals surface area contributed by atoms with E-state index >= 15 is 0 Å². The van der Waals surface area contributed by atoms with Gasteiger partial charge < -0.3 is 0 Å². The smallest absolute Gasteiger partial charge is 0.0547 e. The van der Waals surface area contributed by atoms with Gasteiger partial charge in [0.05, 0.1) is 5.69 Å². The molecule has 0 spiro atoms. The van der Waals surface area contributed by atoms with Crippen molar-refractivity contribution in [3.8, 4) is 0 Å². The molecule has 0 aliphatic heterocycles. The van der Waals surface area contributed by atoms with E-state index in [9.17, 15) is 0 Å². The summed E-state index contributed by atoms with van der Waals surface area (Å²) in [7, 11) is 0. The highest BCUT2D eigenvalue weighted by Gasteiger charge is 2.03. The van der Waals surface area contributed by atoms with Gasteiger partial charge in [0.25, 0.3) is 0 Å². The van der Waals surface area contributed by atoms with Gasteiger partial charge in [0.15, 0.2) is 0 Å². The lowest BCUT2D eigenvalue weighted by Gasteiger charge is -2.19. The summed E-state index contributed by atoms with van der Waals surface area (Å²) < 4.78 is 0. The Morgan fingerprint density at radius 2 is 2.20 bits per heavy atom. The number of pyridine rings is 1. The van der Waals surface area contributed by atoms with E-state index in [1.165, 1.54) is 0 Å². The van der Waals surface area contributed by atoms with Crippen molar-refractivity contribution in [2.24, 2.45) is 0 Å². The SMILES string of the molecule is CCN(CCCS)Cc1cccc(C)n1. The van der Waals surface area contributed by atoms with E-state index in [0.29, 0.717) is 0 Å². The van der Waals surface area contributed by atoms with Crippen LogP contribution in [0.15, 0.2) is 18.2 Å².